The van der Waals surface area contributed by atoms with Gasteiger partial charge in [0.05, 0.1) is 0 Å². The molecule has 12 heavy (non-hydrogen) atoms. The Labute approximate surface area is 77.1 Å². The second-order valence-electron chi connectivity index (χ2n) is 4.67. The van der Waals surface area contributed by atoms with Gasteiger partial charge in [0, 0.05) is 0 Å². The molecule has 0 amide bonds. The third-order valence-corrected chi connectivity index (χ3v) is 3.19. The highest BCUT2D eigenvalue weighted by Gasteiger charge is 2.35. The van der Waals surface area contributed by atoms with E-state index in [4.69, 9.17) is 0 Å². The predicted octanol–water partition coefficient (Wildman–Crippen LogP) is 3.88. The first kappa shape index (κ1) is 9.83. The van der Waals surface area contributed by atoms with E-state index in [9.17, 15) is 0 Å². The van der Waals surface area contributed by atoms with E-state index in [1.54, 1.807) is 0 Å². The summed E-state index contributed by atoms with van der Waals surface area (Å²) in [6.45, 7) is 4.69. The SMILES string of the molecule is C.CC(C)CC1CC2C=CC1C2. The van der Waals surface area contributed by atoms with Gasteiger partial charge in [0.25, 0.3) is 0 Å². The maximum atomic E-state index is 2.46. The Hall–Kier alpha value is -0.260. The largest absolute Gasteiger partial charge is 0.0851 e. The molecule has 2 aliphatic carbocycles. The van der Waals surface area contributed by atoms with Crippen molar-refractivity contribution in [3.05, 3.63) is 12.2 Å². The van der Waals surface area contributed by atoms with E-state index in [0.29, 0.717) is 0 Å². The molecule has 70 valence electrons. The molecule has 0 N–H and O–H groups in total. The lowest BCUT2D eigenvalue weighted by molar-refractivity contribution is 0.359. The number of allylic oxidation sites excluding steroid dienone is 2. The molecule has 0 heteroatoms. The van der Waals surface area contributed by atoms with Crippen molar-refractivity contribution in [2.45, 2.75) is 40.5 Å². The zero-order valence-electron chi connectivity index (χ0n) is 7.59. The highest BCUT2D eigenvalue weighted by Crippen LogP contribution is 2.45. The molecule has 3 atom stereocenters. The average molecular weight is 166 g/mol. The fourth-order valence-electron chi connectivity index (χ4n) is 2.77. The minimum Gasteiger partial charge on any atom is -0.0851 e. The van der Waals surface area contributed by atoms with Crippen molar-refractivity contribution >= 4 is 0 Å². The molecule has 1 saturated carbocycles. The topological polar surface area (TPSA) is 0 Å². The van der Waals surface area contributed by atoms with Crippen molar-refractivity contribution in [2.75, 3.05) is 0 Å². The van der Waals surface area contributed by atoms with E-state index in [1.165, 1.54) is 19.3 Å². The summed E-state index contributed by atoms with van der Waals surface area (Å²) in [7, 11) is 0. The quantitative estimate of drug-likeness (QED) is 0.546. The van der Waals surface area contributed by atoms with Gasteiger partial charge in [-0.25, -0.2) is 0 Å². The van der Waals surface area contributed by atoms with Gasteiger partial charge in [0.2, 0.25) is 0 Å². The van der Waals surface area contributed by atoms with Crippen molar-refractivity contribution < 1.29 is 0 Å². The molecule has 0 aromatic carbocycles. The van der Waals surface area contributed by atoms with Crippen LogP contribution >= 0.6 is 0 Å². The van der Waals surface area contributed by atoms with Gasteiger partial charge in [-0.05, 0) is 42.9 Å². The van der Waals surface area contributed by atoms with Crippen LogP contribution in [0, 0.1) is 23.7 Å². The Balaban J connectivity index is 0.000000720. The maximum absolute atomic E-state index is 2.46. The summed E-state index contributed by atoms with van der Waals surface area (Å²) < 4.78 is 0. The lowest BCUT2D eigenvalue weighted by atomic mass is 9.86. The van der Waals surface area contributed by atoms with Gasteiger partial charge >= 0.3 is 0 Å². The predicted molar refractivity (Wildman–Crippen MR) is 55.0 cm³/mol. The molecule has 3 unspecified atom stereocenters. The lowest BCUT2D eigenvalue weighted by Gasteiger charge is -2.19. The van der Waals surface area contributed by atoms with E-state index in [2.05, 4.69) is 26.0 Å². The minimum absolute atomic E-state index is 0. The molecule has 2 rings (SSSR count). The Morgan fingerprint density at radius 1 is 1.25 bits per heavy atom. The van der Waals surface area contributed by atoms with Gasteiger partial charge in [-0.3, -0.25) is 0 Å². The summed E-state index contributed by atoms with van der Waals surface area (Å²) in [5.74, 6) is 3.85. The van der Waals surface area contributed by atoms with Gasteiger partial charge in [0.1, 0.15) is 0 Å². The number of hydrogen-bond donors (Lipinski definition) is 0. The van der Waals surface area contributed by atoms with Crippen LogP contribution in [0.15, 0.2) is 12.2 Å². The zero-order chi connectivity index (χ0) is 7.84. The first-order valence-corrected chi connectivity index (χ1v) is 4.94. The first-order chi connectivity index (χ1) is 5.25. The van der Waals surface area contributed by atoms with Crippen molar-refractivity contribution in [2.24, 2.45) is 23.7 Å². The zero-order valence-corrected chi connectivity index (χ0v) is 7.59. The normalized spacial score (nSPS) is 37.4. The highest BCUT2D eigenvalue weighted by molar-refractivity contribution is 5.09. The van der Waals surface area contributed by atoms with Crippen molar-refractivity contribution in [3.63, 3.8) is 0 Å². The van der Waals surface area contributed by atoms with E-state index in [0.717, 1.165) is 23.7 Å². The van der Waals surface area contributed by atoms with E-state index in [1.807, 2.05) is 0 Å². The summed E-state index contributed by atoms with van der Waals surface area (Å²) in [4.78, 5) is 0. The number of fused-ring (bicyclic) bond motifs is 2. The summed E-state index contributed by atoms with van der Waals surface area (Å²) in [6, 6.07) is 0. The Bertz CT molecular complexity index is 167. The maximum Gasteiger partial charge on any atom is -0.0199 e. The molecule has 2 bridgehead atoms. The molecule has 2 aliphatic rings. The van der Waals surface area contributed by atoms with Gasteiger partial charge in [0.15, 0.2) is 0 Å². The van der Waals surface area contributed by atoms with Gasteiger partial charge in [-0.1, -0.05) is 33.4 Å². The van der Waals surface area contributed by atoms with Gasteiger partial charge < -0.3 is 0 Å². The molecule has 0 heterocycles. The third kappa shape index (κ3) is 1.73. The van der Waals surface area contributed by atoms with Crippen molar-refractivity contribution in [1.29, 1.82) is 0 Å². The molecule has 0 nitrogen and oxygen atoms in total. The smallest absolute Gasteiger partial charge is 0.0199 e. The summed E-state index contributed by atoms with van der Waals surface area (Å²) in [5, 5.41) is 0. The Morgan fingerprint density at radius 2 is 2.00 bits per heavy atom. The molecular formula is C12H22. The molecule has 0 radical (unpaired) electrons. The van der Waals surface area contributed by atoms with Crippen LogP contribution in [-0.4, -0.2) is 0 Å². The summed E-state index contributed by atoms with van der Waals surface area (Å²) >= 11 is 0. The number of hydrogen-bond acceptors (Lipinski definition) is 0. The Kier molecular flexibility index (Phi) is 2.98. The van der Waals surface area contributed by atoms with Gasteiger partial charge in [-0.2, -0.15) is 0 Å². The minimum atomic E-state index is 0. The molecular weight excluding hydrogens is 144 g/mol. The second-order valence-corrected chi connectivity index (χ2v) is 4.67. The lowest BCUT2D eigenvalue weighted by Crippen LogP contribution is -2.09. The number of rotatable bonds is 2. The van der Waals surface area contributed by atoms with Crippen LogP contribution in [-0.2, 0) is 0 Å². The standard InChI is InChI=1S/C11H18.CH4/c1-8(2)5-11-7-9-3-4-10(11)6-9;/h3-4,8-11H,5-7H2,1-2H3;1H4. The van der Waals surface area contributed by atoms with Crippen LogP contribution in [0.2, 0.25) is 0 Å². The van der Waals surface area contributed by atoms with Crippen LogP contribution in [0.25, 0.3) is 0 Å². The molecule has 0 aromatic heterocycles. The van der Waals surface area contributed by atoms with Crippen LogP contribution in [0.1, 0.15) is 40.5 Å². The van der Waals surface area contributed by atoms with Crippen molar-refractivity contribution in [3.8, 4) is 0 Å². The van der Waals surface area contributed by atoms with Crippen molar-refractivity contribution in [1.82, 2.24) is 0 Å². The molecule has 1 fully saturated rings. The average Bonchev–Trinajstić information content (AvgIpc) is 2.45. The monoisotopic (exact) mass is 166 g/mol. The second kappa shape index (κ2) is 3.64. The van der Waals surface area contributed by atoms with Crippen LogP contribution < -0.4 is 0 Å². The molecule has 0 aliphatic heterocycles. The van der Waals surface area contributed by atoms with Crippen LogP contribution in [0.4, 0.5) is 0 Å². The molecule has 0 saturated heterocycles. The van der Waals surface area contributed by atoms with Gasteiger partial charge in [-0.15, -0.1) is 0 Å². The van der Waals surface area contributed by atoms with E-state index >= 15 is 0 Å². The highest BCUT2D eigenvalue weighted by atomic mass is 14.4. The fraction of sp³-hybridized carbons (Fsp3) is 0.833. The van der Waals surface area contributed by atoms with Crippen LogP contribution in [0.5, 0.6) is 0 Å². The van der Waals surface area contributed by atoms with Crippen LogP contribution in [0.3, 0.4) is 0 Å². The summed E-state index contributed by atoms with van der Waals surface area (Å²) in [5.41, 5.74) is 0. The fourth-order valence-corrected chi connectivity index (χ4v) is 2.77. The molecule has 0 aromatic rings. The van der Waals surface area contributed by atoms with E-state index < -0.39 is 0 Å². The Morgan fingerprint density at radius 3 is 2.42 bits per heavy atom. The third-order valence-electron chi connectivity index (χ3n) is 3.19. The first-order valence-electron chi connectivity index (χ1n) is 4.94. The summed E-state index contributed by atoms with van der Waals surface area (Å²) in [6.07, 6.45) is 9.30. The van der Waals surface area contributed by atoms with E-state index in [-0.39, 0.29) is 7.43 Å². The molecule has 0 spiro atoms.